The molecule has 0 aliphatic rings. The quantitative estimate of drug-likeness (QED) is 0.339. The predicted octanol–water partition coefficient (Wildman–Crippen LogP) is 4.05. The first kappa shape index (κ1) is 27.7. The van der Waals surface area contributed by atoms with Gasteiger partial charge in [-0.25, -0.2) is 9.48 Å². The van der Waals surface area contributed by atoms with Crippen LogP contribution in [0, 0.1) is 6.92 Å². The number of hydrogen-bond donors (Lipinski definition) is 3. The van der Waals surface area contributed by atoms with Crippen molar-refractivity contribution >= 4 is 51.0 Å². The topological polar surface area (TPSA) is 122 Å². The Hall–Kier alpha value is -2.38. The lowest BCUT2D eigenvalue weighted by Crippen LogP contribution is -2.26. The fourth-order valence-electron chi connectivity index (χ4n) is 2.00. The molecule has 2 rings (SSSR count). The molecule has 1 amide bonds. The number of aliphatic carboxylic acids is 2. The van der Waals surface area contributed by atoms with Crippen LogP contribution in [0.25, 0.3) is 5.69 Å². The van der Waals surface area contributed by atoms with Gasteiger partial charge in [-0.3, -0.25) is 9.59 Å². The zero-order valence-electron chi connectivity index (χ0n) is 16.6. The maximum atomic E-state index is 12.2. The number of rotatable bonds is 9. The SMILES string of the molecule is Cc1cc(C(=O)NCCSSCCC(=O)O)nn1-c1ccccc1Cl.O=C(O)C(F)(F)F. The number of nitrogens with zero attached hydrogens (tertiary/aromatic N) is 2. The molecule has 0 fully saturated rings. The molecule has 0 atom stereocenters. The van der Waals surface area contributed by atoms with Gasteiger partial charge < -0.3 is 15.5 Å². The number of aryl methyl sites for hydroxylation is 1. The number of para-hydroxylation sites is 1. The van der Waals surface area contributed by atoms with Gasteiger partial charge in [0.25, 0.3) is 5.91 Å². The summed E-state index contributed by atoms with van der Waals surface area (Å²) >= 11 is 6.18. The molecule has 1 heterocycles. The molecule has 0 unspecified atom stereocenters. The number of carboxylic acids is 2. The zero-order valence-corrected chi connectivity index (χ0v) is 18.9. The Morgan fingerprint density at radius 2 is 1.75 bits per heavy atom. The average Bonchev–Trinajstić information content (AvgIpc) is 3.08. The molecule has 3 N–H and O–H groups in total. The number of nitrogens with one attached hydrogen (secondary N) is 1. The highest BCUT2D eigenvalue weighted by Crippen LogP contribution is 2.22. The van der Waals surface area contributed by atoms with Crippen LogP contribution < -0.4 is 5.32 Å². The Kier molecular flexibility index (Phi) is 11.4. The Bertz CT molecular complexity index is 941. The van der Waals surface area contributed by atoms with Crippen molar-refractivity contribution in [1.82, 2.24) is 15.1 Å². The number of halogens is 4. The minimum atomic E-state index is -5.08. The monoisotopic (exact) mass is 513 g/mol. The first-order valence-electron chi connectivity index (χ1n) is 8.79. The third-order valence-electron chi connectivity index (χ3n) is 3.40. The fourth-order valence-corrected chi connectivity index (χ4v) is 4.10. The van der Waals surface area contributed by atoms with Crippen molar-refractivity contribution in [3.05, 3.63) is 46.7 Å². The highest BCUT2D eigenvalue weighted by molar-refractivity contribution is 8.76. The fraction of sp³-hybridized carbons (Fsp3) is 0.333. The molecule has 8 nitrogen and oxygen atoms in total. The van der Waals surface area contributed by atoms with Crippen LogP contribution in [0.4, 0.5) is 13.2 Å². The summed E-state index contributed by atoms with van der Waals surface area (Å²) in [6, 6.07) is 9.03. The summed E-state index contributed by atoms with van der Waals surface area (Å²) in [6.45, 7) is 2.35. The molecule has 0 saturated carbocycles. The van der Waals surface area contributed by atoms with E-state index < -0.39 is 18.1 Å². The second kappa shape index (κ2) is 13.2. The van der Waals surface area contributed by atoms with E-state index in [9.17, 15) is 22.8 Å². The molecular weight excluding hydrogens is 495 g/mol. The molecular formula is C18H19ClF3N3O5S2. The largest absolute Gasteiger partial charge is 0.490 e. The number of carbonyl (C=O) groups excluding carboxylic acids is 1. The molecule has 2 aromatic rings. The second-order valence-corrected chi connectivity index (χ2v) is 8.99. The summed E-state index contributed by atoms with van der Waals surface area (Å²) in [5.74, 6) is -2.56. The van der Waals surface area contributed by atoms with Crippen molar-refractivity contribution < 1.29 is 37.8 Å². The lowest BCUT2D eigenvalue weighted by atomic mass is 10.3. The van der Waals surface area contributed by atoms with Gasteiger partial charge in [0.05, 0.1) is 17.1 Å². The Labute approximate surface area is 193 Å². The van der Waals surface area contributed by atoms with Crippen LogP contribution in [-0.2, 0) is 9.59 Å². The predicted molar refractivity (Wildman–Crippen MR) is 117 cm³/mol. The summed E-state index contributed by atoms with van der Waals surface area (Å²) < 4.78 is 33.4. The van der Waals surface area contributed by atoms with E-state index in [4.69, 9.17) is 26.6 Å². The second-order valence-electron chi connectivity index (χ2n) is 5.88. The van der Waals surface area contributed by atoms with E-state index in [0.29, 0.717) is 28.8 Å². The minimum Gasteiger partial charge on any atom is -0.481 e. The van der Waals surface area contributed by atoms with Gasteiger partial charge in [-0.15, -0.1) is 0 Å². The smallest absolute Gasteiger partial charge is 0.481 e. The van der Waals surface area contributed by atoms with Gasteiger partial charge in [0.15, 0.2) is 5.69 Å². The summed E-state index contributed by atoms with van der Waals surface area (Å²) in [4.78, 5) is 31.5. The molecule has 14 heteroatoms. The molecule has 176 valence electrons. The first-order chi connectivity index (χ1) is 14.9. The number of amides is 1. The van der Waals surface area contributed by atoms with Gasteiger partial charge in [0.2, 0.25) is 0 Å². The van der Waals surface area contributed by atoms with Crippen molar-refractivity contribution in [2.24, 2.45) is 0 Å². The van der Waals surface area contributed by atoms with Crippen molar-refractivity contribution in [2.45, 2.75) is 19.5 Å². The van der Waals surface area contributed by atoms with Crippen molar-refractivity contribution in [3.63, 3.8) is 0 Å². The summed E-state index contributed by atoms with van der Waals surface area (Å²) in [5, 5.41) is 23.4. The zero-order chi connectivity index (χ0) is 24.3. The Morgan fingerprint density at radius 3 is 2.31 bits per heavy atom. The highest BCUT2D eigenvalue weighted by Gasteiger charge is 2.38. The molecule has 1 aromatic heterocycles. The molecule has 0 aliphatic carbocycles. The maximum absolute atomic E-state index is 12.2. The lowest BCUT2D eigenvalue weighted by molar-refractivity contribution is -0.192. The summed E-state index contributed by atoms with van der Waals surface area (Å²) in [7, 11) is 3.02. The maximum Gasteiger partial charge on any atom is 0.490 e. The van der Waals surface area contributed by atoms with Gasteiger partial charge in [0, 0.05) is 23.7 Å². The summed E-state index contributed by atoms with van der Waals surface area (Å²) in [5.41, 5.74) is 1.88. The molecule has 0 spiro atoms. The average molecular weight is 514 g/mol. The van der Waals surface area contributed by atoms with Crippen molar-refractivity contribution in [3.8, 4) is 5.69 Å². The van der Waals surface area contributed by atoms with Gasteiger partial charge in [-0.05, 0) is 25.1 Å². The lowest BCUT2D eigenvalue weighted by Gasteiger charge is -2.06. The van der Waals surface area contributed by atoms with E-state index in [0.717, 1.165) is 11.4 Å². The van der Waals surface area contributed by atoms with Crippen LogP contribution in [0.2, 0.25) is 5.02 Å². The van der Waals surface area contributed by atoms with Gasteiger partial charge >= 0.3 is 18.1 Å². The summed E-state index contributed by atoms with van der Waals surface area (Å²) in [6.07, 6.45) is -4.94. The van der Waals surface area contributed by atoms with Crippen molar-refractivity contribution in [2.75, 3.05) is 18.1 Å². The molecule has 0 radical (unpaired) electrons. The van der Waals surface area contributed by atoms with E-state index in [-0.39, 0.29) is 12.3 Å². The Morgan fingerprint density at radius 1 is 1.16 bits per heavy atom. The molecule has 0 bridgehead atoms. The van der Waals surface area contributed by atoms with Crippen LogP contribution in [0.15, 0.2) is 30.3 Å². The number of benzene rings is 1. The highest BCUT2D eigenvalue weighted by atomic mass is 35.5. The van der Waals surface area contributed by atoms with Crippen molar-refractivity contribution in [1.29, 1.82) is 0 Å². The molecule has 0 saturated heterocycles. The number of alkyl halides is 3. The third-order valence-corrected chi connectivity index (χ3v) is 6.12. The first-order valence-corrected chi connectivity index (χ1v) is 11.7. The Balaban J connectivity index is 0.000000633. The van der Waals surface area contributed by atoms with E-state index in [1.54, 1.807) is 16.8 Å². The van der Waals surface area contributed by atoms with Crippen LogP contribution in [0.1, 0.15) is 22.6 Å². The standard InChI is InChI=1S/C16H18ClN3O3S2.C2HF3O2/c1-11-10-13(19-20(11)14-5-3-2-4-12(14)17)16(23)18-7-9-25-24-8-6-15(21)22;3-2(4,5)1(6)7/h2-5,10H,6-9H2,1H3,(H,18,23)(H,21,22);(H,6,7). The molecule has 1 aromatic carbocycles. The van der Waals surface area contributed by atoms with E-state index >= 15 is 0 Å². The van der Waals surface area contributed by atoms with Crippen LogP contribution in [0.5, 0.6) is 0 Å². The number of carboxylic acid groups (broad SMARTS) is 2. The molecule has 0 aliphatic heterocycles. The van der Waals surface area contributed by atoms with E-state index in [2.05, 4.69) is 10.4 Å². The number of hydrogen-bond acceptors (Lipinski definition) is 6. The van der Waals surface area contributed by atoms with E-state index in [1.807, 2.05) is 25.1 Å². The third kappa shape index (κ3) is 9.83. The normalized spacial score (nSPS) is 10.8. The minimum absolute atomic E-state index is 0.142. The van der Waals surface area contributed by atoms with Gasteiger partial charge in [0.1, 0.15) is 0 Å². The van der Waals surface area contributed by atoms with Gasteiger partial charge in [-0.1, -0.05) is 45.3 Å². The van der Waals surface area contributed by atoms with E-state index in [1.165, 1.54) is 21.6 Å². The molecule has 32 heavy (non-hydrogen) atoms. The van der Waals surface area contributed by atoms with Crippen LogP contribution in [0.3, 0.4) is 0 Å². The van der Waals surface area contributed by atoms with Crippen LogP contribution in [-0.4, -0.2) is 62.1 Å². The number of aromatic nitrogens is 2. The number of carbonyl (C=O) groups is 3. The van der Waals surface area contributed by atoms with Gasteiger partial charge in [-0.2, -0.15) is 18.3 Å². The van der Waals surface area contributed by atoms with Crippen LogP contribution >= 0.6 is 33.2 Å².